The summed E-state index contributed by atoms with van der Waals surface area (Å²) in [6.07, 6.45) is 1.83. The first-order valence-electron chi connectivity index (χ1n) is 9.77. The summed E-state index contributed by atoms with van der Waals surface area (Å²) < 4.78 is 16.7. The fourth-order valence-electron chi connectivity index (χ4n) is 3.22. The number of nitrogens with zero attached hydrogens (tertiary/aromatic N) is 3. The van der Waals surface area contributed by atoms with E-state index in [1.54, 1.807) is 48.5 Å². The predicted octanol–water partition coefficient (Wildman–Crippen LogP) is 1.45. The summed E-state index contributed by atoms with van der Waals surface area (Å²) in [5, 5.41) is 4.26. The number of fused-ring (bicyclic) bond motifs is 1. The van der Waals surface area contributed by atoms with Gasteiger partial charge >= 0.3 is 5.97 Å². The third-order valence-corrected chi connectivity index (χ3v) is 5.86. The van der Waals surface area contributed by atoms with Crippen molar-refractivity contribution in [2.45, 2.75) is 6.42 Å². The lowest BCUT2D eigenvalue weighted by atomic mass is 10.1. The van der Waals surface area contributed by atoms with Crippen LogP contribution in [0.1, 0.15) is 27.2 Å². The molecule has 0 radical (unpaired) electrons. The molecule has 0 unspecified atom stereocenters. The van der Waals surface area contributed by atoms with Gasteiger partial charge in [-0.15, -0.1) is 0 Å². The molecule has 0 atom stereocenters. The number of carbonyl (C=O) groups is 1. The van der Waals surface area contributed by atoms with Crippen molar-refractivity contribution in [1.29, 1.82) is 0 Å². The molecule has 33 heavy (non-hydrogen) atoms. The van der Waals surface area contributed by atoms with E-state index in [0.29, 0.717) is 27.2 Å². The highest BCUT2D eigenvalue weighted by atomic mass is 32.1. The molecule has 2 aromatic carbocycles. The first-order chi connectivity index (χ1) is 15.9. The molecule has 0 spiro atoms. The van der Waals surface area contributed by atoms with E-state index in [4.69, 9.17) is 9.47 Å². The van der Waals surface area contributed by atoms with Crippen LogP contribution in [0.5, 0.6) is 11.5 Å². The second-order valence-corrected chi connectivity index (χ2v) is 7.96. The quantitative estimate of drug-likeness (QED) is 0.394. The van der Waals surface area contributed by atoms with E-state index >= 15 is 0 Å². The van der Waals surface area contributed by atoms with E-state index in [2.05, 4.69) is 14.8 Å². The molecular weight excluding hydrogens is 446 g/mol. The maximum Gasteiger partial charge on any atom is 0.337 e. The van der Waals surface area contributed by atoms with Gasteiger partial charge in [-0.3, -0.25) is 9.59 Å². The molecule has 4 aromatic rings. The average Bonchev–Trinajstić information content (AvgIpc) is 3.13. The Morgan fingerprint density at radius 1 is 1.03 bits per heavy atom. The van der Waals surface area contributed by atoms with Crippen molar-refractivity contribution in [3.8, 4) is 11.5 Å². The van der Waals surface area contributed by atoms with Crippen LogP contribution < -0.4 is 25.1 Å². The summed E-state index contributed by atoms with van der Waals surface area (Å²) in [5.41, 5.74) is 1.14. The highest BCUT2D eigenvalue weighted by molar-refractivity contribution is 7.15. The molecule has 0 aliphatic heterocycles. The Bertz CT molecular complexity index is 1510. The summed E-state index contributed by atoms with van der Waals surface area (Å²) in [6.45, 7) is 0. The second-order valence-electron chi connectivity index (χ2n) is 6.95. The number of carbonyl (C=O) groups excluding carboxylic acids is 1. The van der Waals surface area contributed by atoms with Crippen LogP contribution in [-0.4, -0.2) is 41.9 Å². The number of thiazole rings is 1. The molecule has 0 amide bonds. The minimum absolute atomic E-state index is 0.142. The number of ether oxygens (including phenoxy) is 3. The predicted molar refractivity (Wildman–Crippen MR) is 122 cm³/mol. The van der Waals surface area contributed by atoms with E-state index < -0.39 is 11.5 Å². The topological polar surface area (TPSA) is 109 Å². The second kappa shape index (κ2) is 9.21. The molecule has 4 rings (SSSR count). The normalized spacial score (nSPS) is 11.5. The number of esters is 1. The summed E-state index contributed by atoms with van der Waals surface area (Å²) in [7, 11) is 4.38. The van der Waals surface area contributed by atoms with Gasteiger partial charge in [0.2, 0.25) is 4.96 Å². The average molecular weight is 465 g/mol. The van der Waals surface area contributed by atoms with Crippen molar-refractivity contribution in [3.05, 3.63) is 90.1 Å². The van der Waals surface area contributed by atoms with Crippen molar-refractivity contribution in [2.75, 3.05) is 21.3 Å². The van der Waals surface area contributed by atoms with Crippen molar-refractivity contribution >= 4 is 28.3 Å². The Hall–Kier alpha value is -4.05. The highest BCUT2D eigenvalue weighted by Gasteiger charge is 2.13. The molecule has 10 heteroatoms. The molecular formula is C23H19N3O6S. The van der Waals surface area contributed by atoms with E-state index in [-0.39, 0.29) is 22.6 Å². The number of hydrogen-bond acceptors (Lipinski definition) is 9. The first-order valence-corrected chi connectivity index (χ1v) is 10.6. The summed E-state index contributed by atoms with van der Waals surface area (Å²) in [4.78, 5) is 41.2. The van der Waals surface area contributed by atoms with Crippen molar-refractivity contribution in [1.82, 2.24) is 14.6 Å². The van der Waals surface area contributed by atoms with Crippen LogP contribution in [0.2, 0.25) is 0 Å². The fraction of sp³-hybridized carbons (Fsp3) is 0.174. The van der Waals surface area contributed by atoms with Crippen LogP contribution in [0.25, 0.3) is 11.0 Å². The Kier molecular flexibility index (Phi) is 6.18. The minimum Gasteiger partial charge on any atom is -0.493 e. The SMILES string of the molecule is COC(=O)c1ccc(/C=c2\sc3nc(=O)c(Cc4ccc(OC)c(OC)c4)nn3c2=O)cc1. The van der Waals surface area contributed by atoms with Crippen molar-refractivity contribution < 1.29 is 19.0 Å². The molecule has 0 fully saturated rings. The smallest absolute Gasteiger partial charge is 0.337 e. The fourth-order valence-corrected chi connectivity index (χ4v) is 4.12. The van der Waals surface area contributed by atoms with Gasteiger partial charge in [0.25, 0.3) is 11.1 Å². The van der Waals surface area contributed by atoms with Gasteiger partial charge in [0, 0.05) is 6.42 Å². The molecule has 2 aromatic heterocycles. The number of hydrogen-bond donors (Lipinski definition) is 0. The molecule has 0 saturated heterocycles. The third-order valence-electron chi connectivity index (χ3n) is 4.90. The summed E-state index contributed by atoms with van der Waals surface area (Å²) >= 11 is 1.07. The zero-order valence-corrected chi connectivity index (χ0v) is 18.8. The molecule has 0 bridgehead atoms. The molecule has 0 N–H and O–H groups in total. The molecule has 9 nitrogen and oxygen atoms in total. The summed E-state index contributed by atoms with van der Waals surface area (Å²) in [6, 6.07) is 11.9. The van der Waals surface area contributed by atoms with Gasteiger partial charge in [0.1, 0.15) is 5.69 Å². The van der Waals surface area contributed by atoms with E-state index in [1.807, 2.05) is 0 Å². The molecule has 2 heterocycles. The van der Waals surface area contributed by atoms with Crippen LogP contribution >= 0.6 is 11.3 Å². The van der Waals surface area contributed by atoms with Gasteiger partial charge in [0.05, 0.1) is 31.4 Å². The lowest BCUT2D eigenvalue weighted by Crippen LogP contribution is -2.28. The van der Waals surface area contributed by atoms with E-state index in [0.717, 1.165) is 21.4 Å². The number of rotatable bonds is 6. The van der Waals surface area contributed by atoms with Crippen LogP contribution in [-0.2, 0) is 11.2 Å². The van der Waals surface area contributed by atoms with Crippen LogP contribution in [0, 0.1) is 0 Å². The maximum atomic E-state index is 12.9. The highest BCUT2D eigenvalue weighted by Crippen LogP contribution is 2.28. The van der Waals surface area contributed by atoms with Crippen LogP contribution in [0.4, 0.5) is 0 Å². The van der Waals surface area contributed by atoms with Crippen LogP contribution in [0.15, 0.2) is 52.1 Å². The maximum absolute atomic E-state index is 12.9. The number of methoxy groups -OCH3 is 3. The van der Waals surface area contributed by atoms with Gasteiger partial charge in [-0.1, -0.05) is 29.5 Å². The van der Waals surface area contributed by atoms with E-state index in [1.165, 1.54) is 21.3 Å². The molecule has 0 aliphatic rings. The Morgan fingerprint density at radius 2 is 1.76 bits per heavy atom. The minimum atomic E-state index is -0.500. The lowest BCUT2D eigenvalue weighted by molar-refractivity contribution is 0.0600. The van der Waals surface area contributed by atoms with E-state index in [9.17, 15) is 14.4 Å². The molecule has 0 saturated carbocycles. The third kappa shape index (κ3) is 4.46. The Morgan fingerprint density at radius 3 is 2.42 bits per heavy atom. The Labute approximate surface area is 191 Å². The largest absolute Gasteiger partial charge is 0.493 e. The van der Waals surface area contributed by atoms with Gasteiger partial charge < -0.3 is 14.2 Å². The van der Waals surface area contributed by atoms with Gasteiger partial charge in [-0.05, 0) is 41.5 Å². The summed E-state index contributed by atoms with van der Waals surface area (Å²) in [5.74, 6) is 0.653. The molecule has 0 aliphatic carbocycles. The molecule has 168 valence electrons. The van der Waals surface area contributed by atoms with Gasteiger partial charge in [-0.25, -0.2) is 4.79 Å². The first kappa shape index (κ1) is 22.2. The zero-order valence-electron chi connectivity index (χ0n) is 18.0. The van der Waals surface area contributed by atoms with Crippen molar-refractivity contribution in [3.63, 3.8) is 0 Å². The van der Waals surface area contributed by atoms with Gasteiger partial charge in [0.15, 0.2) is 11.5 Å². The number of aromatic nitrogens is 3. The standard InChI is InChI=1S/C23H19N3O6S/c1-30-17-9-6-14(11-18(17)31-2)10-16-20(27)24-23-26(25-16)21(28)19(33-23)12-13-4-7-15(8-5-13)22(29)32-3/h4-9,11-12H,10H2,1-3H3/b19-12-. The number of benzene rings is 2. The lowest BCUT2D eigenvalue weighted by Gasteiger charge is -2.09. The monoisotopic (exact) mass is 465 g/mol. The van der Waals surface area contributed by atoms with Crippen molar-refractivity contribution in [2.24, 2.45) is 0 Å². The zero-order chi connectivity index (χ0) is 23.5. The van der Waals surface area contributed by atoms with Gasteiger partial charge in [-0.2, -0.15) is 14.6 Å². The van der Waals surface area contributed by atoms with Crippen LogP contribution in [0.3, 0.4) is 0 Å². The Balaban J connectivity index is 1.70.